The number of ether oxygens (including phenoxy) is 2. The molecular formula is C25H24N4O7S. The molecule has 0 saturated carbocycles. The van der Waals surface area contributed by atoms with Gasteiger partial charge in [-0.3, -0.25) is 19.4 Å². The van der Waals surface area contributed by atoms with E-state index in [-0.39, 0.29) is 16.2 Å². The predicted octanol–water partition coefficient (Wildman–Crippen LogP) is 1.56. The van der Waals surface area contributed by atoms with Crippen LogP contribution in [-0.4, -0.2) is 73.0 Å². The highest BCUT2D eigenvalue weighted by Gasteiger charge is 2.66. The predicted molar refractivity (Wildman–Crippen MR) is 133 cm³/mol. The average Bonchev–Trinajstić information content (AvgIpc) is 2.93. The van der Waals surface area contributed by atoms with Gasteiger partial charge in [0.1, 0.15) is 0 Å². The maximum absolute atomic E-state index is 14.0. The topological polar surface area (TPSA) is 134 Å². The molecule has 2 saturated heterocycles. The number of rotatable bonds is 4. The number of nitrogens with one attached hydrogen (secondary N) is 2. The molecule has 2 aliphatic heterocycles. The summed E-state index contributed by atoms with van der Waals surface area (Å²) >= 11 is 5.46. The molecule has 2 N–H and O–H groups in total. The molecule has 2 heterocycles. The van der Waals surface area contributed by atoms with Crippen LogP contribution in [-0.2, 0) is 19.1 Å². The van der Waals surface area contributed by atoms with Crippen molar-refractivity contribution in [2.75, 3.05) is 28.3 Å². The molecule has 4 rings (SSSR count). The molecule has 37 heavy (non-hydrogen) atoms. The quantitative estimate of drug-likeness (QED) is 0.345. The number of hydrogen-bond acceptors (Lipinski definition) is 8. The number of carbonyl (C=O) groups excluding carboxylic acids is 5. The van der Waals surface area contributed by atoms with Gasteiger partial charge < -0.3 is 20.1 Å². The molecule has 2 aliphatic rings. The molecule has 0 radical (unpaired) electrons. The van der Waals surface area contributed by atoms with Crippen LogP contribution in [0.5, 0.6) is 0 Å². The lowest BCUT2D eigenvalue weighted by molar-refractivity contribution is -0.163. The molecule has 2 aromatic rings. The fourth-order valence-corrected chi connectivity index (χ4v) is 5.02. The summed E-state index contributed by atoms with van der Waals surface area (Å²) in [5, 5.41) is 6.23. The van der Waals surface area contributed by atoms with E-state index in [1.807, 2.05) is 0 Å². The van der Waals surface area contributed by atoms with Crippen LogP contribution in [0.25, 0.3) is 0 Å². The maximum atomic E-state index is 14.0. The third-order valence-electron chi connectivity index (χ3n) is 6.68. The van der Waals surface area contributed by atoms with Crippen molar-refractivity contribution in [3.8, 4) is 0 Å². The fraction of sp³-hybridized carbons (Fsp3) is 0.280. The van der Waals surface area contributed by atoms with E-state index in [0.717, 1.165) is 9.80 Å². The number of thiocarbonyl (C=S) groups is 1. The van der Waals surface area contributed by atoms with Crippen molar-refractivity contribution < 1.29 is 33.4 Å². The molecule has 2 aromatic carbocycles. The van der Waals surface area contributed by atoms with Gasteiger partial charge in [0, 0.05) is 14.1 Å². The number of barbiturate groups is 1. The molecule has 4 amide bonds. The van der Waals surface area contributed by atoms with Crippen LogP contribution < -0.4 is 10.6 Å². The summed E-state index contributed by atoms with van der Waals surface area (Å²) in [6, 6.07) is 9.61. The number of esters is 2. The first-order valence-corrected chi connectivity index (χ1v) is 11.5. The Bertz CT molecular complexity index is 1210. The molecule has 2 unspecified atom stereocenters. The molecule has 0 bridgehead atoms. The highest BCUT2D eigenvalue weighted by atomic mass is 32.1. The maximum Gasteiger partial charge on any atom is 0.337 e. The van der Waals surface area contributed by atoms with E-state index in [1.54, 1.807) is 24.3 Å². The van der Waals surface area contributed by atoms with E-state index in [4.69, 9.17) is 21.7 Å². The third kappa shape index (κ3) is 3.99. The lowest BCUT2D eigenvalue weighted by Crippen LogP contribution is -2.73. The van der Waals surface area contributed by atoms with Gasteiger partial charge >= 0.3 is 18.0 Å². The first-order chi connectivity index (χ1) is 17.6. The Hall–Kier alpha value is -4.32. The van der Waals surface area contributed by atoms with Crippen LogP contribution in [0.3, 0.4) is 0 Å². The van der Waals surface area contributed by atoms with Gasteiger partial charge in [0.2, 0.25) is 0 Å². The zero-order valence-corrected chi connectivity index (χ0v) is 21.3. The van der Waals surface area contributed by atoms with Gasteiger partial charge in [-0.1, -0.05) is 24.3 Å². The lowest BCUT2D eigenvalue weighted by atomic mass is 9.65. The molecule has 0 aromatic heterocycles. The molecule has 11 nitrogen and oxygen atoms in total. The zero-order valence-electron chi connectivity index (χ0n) is 20.4. The number of benzene rings is 2. The normalized spacial score (nSPS) is 20.9. The second-order valence-corrected chi connectivity index (χ2v) is 9.00. The van der Waals surface area contributed by atoms with Gasteiger partial charge in [0.05, 0.1) is 37.4 Å². The Morgan fingerprint density at radius 1 is 0.757 bits per heavy atom. The first-order valence-electron chi connectivity index (χ1n) is 11.1. The summed E-state index contributed by atoms with van der Waals surface area (Å²) in [5.74, 6) is -2.58. The third-order valence-corrected chi connectivity index (χ3v) is 6.92. The van der Waals surface area contributed by atoms with Gasteiger partial charge in [-0.15, -0.1) is 0 Å². The second-order valence-electron chi connectivity index (χ2n) is 8.59. The molecular weight excluding hydrogens is 500 g/mol. The summed E-state index contributed by atoms with van der Waals surface area (Å²) in [4.78, 5) is 66.3. The molecule has 192 valence electrons. The lowest BCUT2D eigenvalue weighted by Gasteiger charge is -2.52. The van der Waals surface area contributed by atoms with Gasteiger partial charge in [0.25, 0.3) is 11.8 Å². The minimum absolute atomic E-state index is 0.164. The van der Waals surface area contributed by atoms with Crippen LogP contribution in [0.15, 0.2) is 48.5 Å². The van der Waals surface area contributed by atoms with Crippen LogP contribution in [0.1, 0.15) is 43.9 Å². The van der Waals surface area contributed by atoms with Crippen LogP contribution >= 0.6 is 12.2 Å². The van der Waals surface area contributed by atoms with E-state index in [9.17, 15) is 24.0 Å². The van der Waals surface area contributed by atoms with Crippen LogP contribution in [0, 0.1) is 5.41 Å². The number of nitrogens with zero attached hydrogens (tertiary/aromatic N) is 2. The highest BCUT2D eigenvalue weighted by molar-refractivity contribution is 7.80. The Morgan fingerprint density at radius 2 is 1.11 bits per heavy atom. The number of urea groups is 1. The summed E-state index contributed by atoms with van der Waals surface area (Å²) in [6.45, 7) is 0. The Balaban J connectivity index is 1.92. The van der Waals surface area contributed by atoms with E-state index in [1.165, 1.54) is 52.6 Å². The van der Waals surface area contributed by atoms with Crippen molar-refractivity contribution in [1.82, 2.24) is 20.4 Å². The molecule has 2 atom stereocenters. The standard InChI is InChI=1S/C25H24N4O7S/c1-28-21(32)25(22(33)29(2)24(28)34)17(13-5-9-15(10-6-13)19(30)35-3)26-23(37)27-18(25)14-7-11-16(12-8-14)20(31)36-4/h5-12,17-18H,1-4H3,(H2,26,27,37). The van der Waals surface area contributed by atoms with E-state index >= 15 is 0 Å². The van der Waals surface area contributed by atoms with Crippen molar-refractivity contribution in [3.63, 3.8) is 0 Å². The van der Waals surface area contributed by atoms with E-state index in [2.05, 4.69) is 10.6 Å². The number of methoxy groups -OCH3 is 2. The van der Waals surface area contributed by atoms with Gasteiger partial charge in [0.15, 0.2) is 10.5 Å². The molecule has 1 spiro atoms. The fourth-order valence-electron chi connectivity index (χ4n) is 4.79. The largest absolute Gasteiger partial charge is 0.465 e. The van der Waals surface area contributed by atoms with Crippen molar-refractivity contribution >= 4 is 47.1 Å². The smallest absolute Gasteiger partial charge is 0.337 e. The van der Waals surface area contributed by atoms with E-state index < -0.39 is 47.3 Å². The second kappa shape index (κ2) is 9.62. The zero-order chi connectivity index (χ0) is 27.1. The van der Waals surface area contributed by atoms with Crippen molar-refractivity contribution in [1.29, 1.82) is 0 Å². The number of carbonyl (C=O) groups is 5. The Labute approximate surface area is 217 Å². The Kier molecular flexibility index (Phi) is 6.70. The monoisotopic (exact) mass is 524 g/mol. The van der Waals surface area contributed by atoms with Crippen LogP contribution in [0.2, 0.25) is 0 Å². The van der Waals surface area contributed by atoms with Gasteiger partial charge in [-0.05, 0) is 47.6 Å². The minimum atomic E-state index is -1.90. The summed E-state index contributed by atoms with van der Waals surface area (Å²) in [5.41, 5.74) is -0.398. The van der Waals surface area contributed by atoms with Crippen LogP contribution in [0.4, 0.5) is 4.79 Å². The molecule has 0 aliphatic carbocycles. The molecule has 12 heteroatoms. The Morgan fingerprint density at radius 3 is 1.43 bits per heavy atom. The van der Waals surface area contributed by atoms with Gasteiger partial charge in [-0.25, -0.2) is 14.4 Å². The SMILES string of the molecule is COC(=O)c1ccc(C2NC(=S)NC(c3ccc(C(=O)OC)cc3)C23C(=O)N(C)C(=O)N(C)C3=O)cc1. The average molecular weight is 525 g/mol. The molecule has 2 fully saturated rings. The summed E-state index contributed by atoms with van der Waals surface area (Å²) in [6.07, 6.45) is 0. The van der Waals surface area contributed by atoms with Gasteiger partial charge in [-0.2, -0.15) is 0 Å². The van der Waals surface area contributed by atoms with Crippen molar-refractivity contribution in [2.24, 2.45) is 5.41 Å². The van der Waals surface area contributed by atoms with Crippen molar-refractivity contribution in [2.45, 2.75) is 12.1 Å². The van der Waals surface area contributed by atoms with E-state index in [0.29, 0.717) is 11.1 Å². The minimum Gasteiger partial charge on any atom is -0.465 e. The number of imide groups is 2. The number of amides is 4. The summed E-state index contributed by atoms with van der Waals surface area (Å²) < 4.78 is 9.51. The summed E-state index contributed by atoms with van der Waals surface area (Å²) in [7, 11) is 5.13. The highest BCUT2D eigenvalue weighted by Crippen LogP contribution is 2.51. The first kappa shape index (κ1) is 25.8. The van der Waals surface area contributed by atoms with Crippen molar-refractivity contribution in [3.05, 3.63) is 70.8 Å². The number of hydrogen-bond donors (Lipinski definition) is 2.